The smallest absolute Gasteiger partial charge is 0.387 e. The van der Waals surface area contributed by atoms with Gasteiger partial charge >= 0.3 is 6.18 Å². The summed E-state index contributed by atoms with van der Waals surface area (Å²) < 4.78 is 54.3. The molecule has 0 spiro atoms. The summed E-state index contributed by atoms with van der Waals surface area (Å²) in [4.78, 5) is 30.1. The Balaban J connectivity index is 1.35. The van der Waals surface area contributed by atoms with Gasteiger partial charge in [-0.15, -0.1) is 0 Å². The highest BCUT2D eigenvalue weighted by Gasteiger charge is 2.37. The van der Waals surface area contributed by atoms with Crippen molar-refractivity contribution in [2.75, 3.05) is 37.6 Å². The Labute approximate surface area is 236 Å². The number of hydrogen-bond acceptors (Lipinski definition) is 7. The van der Waals surface area contributed by atoms with E-state index in [4.69, 9.17) is 0 Å². The van der Waals surface area contributed by atoms with Crippen LogP contribution in [-0.2, 0) is 11.0 Å². The van der Waals surface area contributed by atoms with Crippen LogP contribution < -0.4 is 4.90 Å². The summed E-state index contributed by atoms with van der Waals surface area (Å²) in [5.41, 5.74) is 0.400. The van der Waals surface area contributed by atoms with Crippen molar-refractivity contribution >= 4 is 11.7 Å². The second kappa shape index (κ2) is 11.3. The minimum absolute atomic E-state index is 0.104. The lowest BCUT2D eigenvalue weighted by Crippen LogP contribution is -2.51. The van der Waals surface area contributed by atoms with E-state index in [9.17, 15) is 27.5 Å². The summed E-state index contributed by atoms with van der Waals surface area (Å²) in [7, 11) is 0. The Morgan fingerprint density at radius 1 is 1.07 bits per heavy atom. The monoisotopic (exact) mass is 574 g/mol. The first-order valence-electron chi connectivity index (χ1n) is 13.8. The molecule has 2 aliphatic heterocycles. The highest BCUT2D eigenvalue weighted by atomic mass is 19.4. The van der Waals surface area contributed by atoms with Gasteiger partial charge in [-0.05, 0) is 43.9 Å². The van der Waals surface area contributed by atoms with Gasteiger partial charge in [-0.1, -0.05) is 13.0 Å². The van der Waals surface area contributed by atoms with E-state index >= 15 is 0 Å². The third-order valence-corrected chi connectivity index (χ3v) is 8.02. The average molecular weight is 575 g/mol. The number of amides is 1. The summed E-state index contributed by atoms with van der Waals surface area (Å²) in [5, 5.41) is 10.3. The van der Waals surface area contributed by atoms with Crippen molar-refractivity contribution in [1.82, 2.24) is 24.7 Å². The number of fused-ring (bicyclic) bond motifs is 1. The van der Waals surface area contributed by atoms with Crippen LogP contribution in [0, 0.1) is 5.82 Å². The van der Waals surface area contributed by atoms with Gasteiger partial charge in [0.2, 0.25) is 5.91 Å². The number of carbonyl (C=O) groups excluding carboxylic acids is 1. The maximum Gasteiger partial charge on any atom is 0.419 e. The standard InChI is InChI=1S/C29H34F4N6O2/c1-18(2)37-8-6-36(7-9-37)16-21(20-4-5-22(23(30)15-20)29(31,32)33)28(41)39-12-10-38(11-13-39)27-25-19(3)14-24(40)26(25)34-17-35-27/h4-9,15,17-19,21,24,40H,10-14,16H2,1-3H3/t19-,21?,24-/m1/s1. The van der Waals surface area contributed by atoms with Crippen molar-refractivity contribution in [3.05, 3.63) is 77.5 Å². The number of piperazine rings is 1. The van der Waals surface area contributed by atoms with Gasteiger partial charge in [0.25, 0.3) is 0 Å². The van der Waals surface area contributed by atoms with Gasteiger partial charge in [0.05, 0.1) is 23.3 Å². The number of benzene rings is 1. The lowest BCUT2D eigenvalue weighted by molar-refractivity contribution is -0.140. The number of hydrogen-bond donors (Lipinski definition) is 1. The first-order chi connectivity index (χ1) is 19.4. The summed E-state index contributed by atoms with van der Waals surface area (Å²) in [6.07, 6.45) is 3.88. The predicted octanol–water partition coefficient (Wildman–Crippen LogP) is 4.58. The molecular weight excluding hydrogens is 540 g/mol. The molecule has 1 aromatic heterocycles. The Morgan fingerprint density at radius 2 is 1.76 bits per heavy atom. The number of halogens is 4. The first kappa shape index (κ1) is 28.8. The molecule has 1 saturated heterocycles. The van der Waals surface area contributed by atoms with E-state index in [0.29, 0.717) is 44.4 Å². The van der Waals surface area contributed by atoms with Crippen molar-refractivity contribution in [2.24, 2.45) is 0 Å². The number of aliphatic hydroxyl groups excluding tert-OH is 1. The van der Waals surface area contributed by atoms with Crippen LogP contribution in [-0.4, -0.2) is 74.4 Å². The van der Waals surface area contributed by atoms with E-state index in [1.54, 1.807) is 22.2 Å². The molecule has 5 rings (SSSR count). The molecule has 1 N–H and O–H groups in total. The molecule has 0 radical (unpaired) electrons. The Kier molecular flexibility index (Phi) is 7.95. The Bertz CT molecular complexity index is 1330. The number of carbonyl (C=O) groups is 1. The molecule has 1 amide bonds. The molecule has 1 unspecified atom stereocenters. The normalized spacial score (nSPS) is 21.6. The number of anilines is 1. The summed E-state index contributed by atoms with van der Waals surface area (Å²) in [6, 6.07) is 2.96. The van der Waals surface area contributed by atoms with Gasteiger partial charge < -0.3 is 24.7 Å². The van der Waals surface area contributed by atoms with Gasteiger partial charge in [0.1, 0.15) is 18.0 Å². The van der Waals surface area contributed by atoms with Crippen molar-refractivity contribution < 1.29 is 27.5 Å². The van der Waals surface area contributed by atoms with Crippen LogP contribution in [0.5, 0.6) is 0 Å². The average Bonchev–Trinajstić information content (AvgIpc) is 3.24. The van der Waals surface area contributed by atoms with E-state index < -0.39 is 29.6 Å². The predicted molar refractivity (Wildman–Crippen MR) is 145 cm³/mol. The molecule has 0 bridgehead atoms. The SMILES string of the molecule is CC(C)N1C=CN(CC(C(=O)N2CCN(c3ncnc4c3[C@H](C)C[C@H]4O)CC2)c2ccc(C(F)(F)F)c(F)c2)C=C1. The Hall–Kier alpha value is -3.67. The largest absolute Gasteiger partial charge is 0.419 e. The minimum Gasteiger partial charge on any atom is -0.387 e. The summed E-state index contributed by atoms with van der Waals surface area (Å²) in [5.74, 6) is -1.72. The maximum atomic E-state index is 14.6. The summed E-state index contributed by atoms with van der Waals surface area (Å²) in [6.45, 7) is 7.91. The number of alkyl halides is 3. The van der Waals surface area contributed by atoms with Crippen LogP contribution in [0.2, 0.25) is 0 Å². The topological polar surface area (TPSA) is 76.0 Å². The van der Waals surface area contributed by atoms with Crippen LogP contribution in [0.15, 0.2) is 49.3 Å². The molecule has 1 fully saturated rings. The van der Waals surface area contributed by atoms with Crippen LogP contribution in [0.25, 0.3) is 0 Å². The minimum atomic E-state index is -4.83. The molecule has 1 aliphatic carbocycles. The molecule has 220 valence electrons. The fourth-order valence-electron chi connectivity index (χ4n) is 5.72. The highest BCUT2D eigenvalue weighted by molar-refractivity contribution is 5.84. The van der Waals surface area contributed by atoms with Crippen molar-refractivity contribution in [3.63, 3.8) is 0 Å². The van der Waals surface area contributed by atoms with E-state index in [1.165, 1.54) is 12.4 Å². The van der Waals surface area contributed by atoms with Crippen LogP contribution in [0.3, 0.4) is 0 Å². The van der Waals surface area contributed by atoms with Crippen LogP contribution >= 0.6 is 0 Å². The van der Waals surface area contributed by atoms with Gasteiger partial charge in [-0.3, -0.25) is 4.79 Å². The zero-order valence-electron chi connectivity index (χ0n) is 23.2. The van der Waals surface area contributed by atoms with E-state index in [-0.39, 0.29) is 30.0 Å². The molecule has 3 aliphatic rings. The summed E-state index contributed by atoms with van der Waals surface area (Å²) >= 11 is 0. The first-order valence-corrected chi connectivity index (χ1v) is 13.8. The van der Waals surface area contributed by atoms with Gasteiger partial charge in [0.15, 0.2) is 0 Å². The fourth-order valence-corrected chi connectivity index (χ4v) is 5.72. The van der Waals surface area contributed by atoms with Gasteiger partial charge in [0, 0.05) is 69.1 Å². The number of rotatable bonds is 6. The molecule has 12 heteroatoms. The van der Waals surface area contributed by atoms with Crippen LogP contribution in [0.4, 0.5) is 23.4 Å². The van der Waals surface area contributed by atoms with Crippen molar-refractivity contribution in [1.29, 1.82) is 0 Å². The maximum absolute atomic E-state index is 14.6. The second-order valence-electron chi connectivity index (χ2n) is 11.1. The van der Waals surface area contributed by atoms with E-state index in [1.807, 2.05) is 38.1 Å². The lowest BCUT2D eigenvalue weighted by Gasteiger charge is -2.38. The van der Waals surface area contributed by atoms with Crippen molar-refractivity contribution in [3.8, 4) is 0 Å². The number of nitrogens with zero attached hydrogens (tertiary/aromatic N) is 6. The molecule has 8 nitrogen and oxygen atoms in total. The molecule has 3 atom stereocenters. The molecule has 41 heavy (non-hydrogen) atoms. The number of aromatic nitrogens is 2. The third kappa shape index (κ3) is 5.88. The Morgan fingerprint density at radius 3 is 2.37 bits per heavy atom. The van der Waals surface area contributed by atoms with E-state index in [0.717, 1.165) is 17.4 Å². The molecule has 2 aromatic rings. The molecule has 1 aromatic carbocycles. The molecule has 3 heterocycles. The molecule has 0 saturated carbocycles. The molecular formula is C29H34F4N6O2. The zero-order valence-corrected chi connectivity index (χ0v) is 23.2. The number of aliphatic hydroxyl groups is 1. The van der Waals surface area contributed by atoms with Gasteiger partial charge in [-0.25, -0.2) is 14.4 Å². The van der Waals surface area contributed by atoms with Gasteiger partial charge in [-0.2, -0.15) is 13.2 Å². The van der Waals surface area contributed by atoms with Crippen LogP contribution in [0.1, 0.15) is 67.5 Å². The second-order valence-corrected chi connectivity index (χ2v) is 11.1. The third-order valence-electron chi connectivity index (χ3n) is 8.02. The van der Waals surface area contributed by atoms with Crippen molar-refractivity contribution in [2.45, 2.75) is 57.3 Å². The zero-order chi connectivity index (χ0) is 29.5. The fraction of sp³-hybridized carbons (Fsp3) is 0.483. The van der Waals surface area contributed by atoms with E-state index in [2.05, 4.69) is 14.9 Å². The lowest BCUT2D eigenvalue weighted by atomic mass is 9.94. The highest BCUT2D eigenvalue weighted by Crippen LogP contribution is 2.43. The quantitative estimate of drug-likeness (QED) is 0.507.